The standard InChI is InChI=1S/C13H27NO2/c1-5-6-11(4)16-13(15)8-12(9-14)7-10(2)3/h10-12H,5-9,14H2,1-4H3/t11?,12-/m0/s1. The molecule has 0 aliphatic heterocycles. The van der Waals surface area contributed by atoms with E-state index in [2.05, 4.69) is 20.8 Å². The molecule has 3 nitrogen and oxygen atoms in total. The number of nitrogens with two attached hydrogens (primary N) is 1. The summed E-state index contributed by atoms with van der Waals surface area (Å²) in [5, 5.41) is 0. The van der Waals surface area contributed by atoms with Crippen molar-refractivity contribution in [1.82, 2.24) is 0 Å². The van der Waals surface area contributed by atoms with Crippen molar-refractivity contribution in [2.45, 2.75) is 59.5 Å². The summed E-state index contributed by atoms with van der Waals surface area (Å²) in [6.07, 6.45) is 3.47. The Morgan fingerprint density at radius 2 is 1.94 bits per heavy atom. The van der Waals surface area contributed by atoms with Crippen LogP contribution in [0.3, 0.4) is 0 Å². The highest BCUT2D eigenvalue weighted by Gasteiger charge is 2.16. The molecule has 0 radical (unpaired) electrons. The number of hydrogen-bond donors (Lipinski definition) is 1. The van der Waals surface area contributed by atoms with Crippen molar-refractivity contribution in [1.29, 1.82) is 0 Å². The lowest BCUT2D eigenvalue weighted by molar-refractivity contribution is -0.149. The van der Waals surface area contributed by atoms with Gasteiger partial charge in [-0.3, -0.25) is 4.79 Å². The van der Waals surface area contributed by atoms with E-state index >= 15 is 0 Å². The molecular formula is C13H27NO2. The van der Waals surface area contributed by atoms with E-state index in [0.29, 0.717) is 18.9 Å². The van der Waals surface area contributed by atoms with Crippen molar-refractivity contribution in [3.63, 3.8) is 0 Å². The monoisotopic (exact) mass is 229 g/mol. The van der Waals surface area contributed by atoms with Crippen molar-refractivity contribution in [3.8, 4) is 0 Å². The average molecular weight is 229 g/mol. The summed E-state index contributed by atoms with van der Waals surface area (Å²) < 4.78 is 5.31. The van der Waals surface area contributed by atoms with E-state index in [1.54, 1.807) is 0 Å². The summed E-state index contributed by atoms with van der Waals surface area (Å²) in [6.45, 7) is 8.89. The van der Waals surface area contributed by atoms with Gasteiger partial charge >= 0.3 is 5.97 Å². The summed E-state index contributed by atoms with van der Waals surface area (Å²) in [7, 11) is 0. The zero-order valence-electron chi connectivity index (χ0n) is 11.2. The van der Waals surface area contributed by atoms with Gasteiger partial charge in [-0.1, -0.05) is 27.2 Å². The third kappa shape index (κ3) is 7.69. The quantitative estimate of drug-likeness (QED) is 0.651. The van der Waals surface area contributed by atoms with Gasteiger partial charge < -0.3 is 10.5 Å². The maximum Gasteiger partial charge on any atom is 0.306 e. The number of ether oxygens (including phenoxy) is 1. The Kier molecular flexibility index (Phi) is 8.26. The first kappa shape index (κ1) is 15.4. The molecule has 0 aromatic heterocycles. The number of rotatable bonds is 8. The Labute approximate surface area is 99.7 Å². The maximum atomic E-state index is 11.6. The van der Waals surface area contributed by atoms with Crippen molar-refractivity contribution in [2.75, 3.05) is 6.54 Å². The number of esters is 1. The van der Waals surface area contributed by atoms with Gasteiger partial charge in [0.15, 0.2) is 0 Å². The van der Waals surface area contributed by atoms with Crippen LogP contribution in [0.2, 0.25) is 0 Å². The maximum absolute atomic E-state index is 11.6. The molecule has 1 unspecified atom stereocenters. The van der Waals surface area contributed by atoms with E-state index in [0.717, 1.165) is 19.3 Å². The fraction of sp³-hybridized carbons (Fsp3) is 0.923. The molecule has 0 saturated heterocycles. The molecule has 2 atom stereocenters. The predicted octanol–water partition coefficient (Wildman–Crippen LogP) is 2.73. The Balaban J connectivity index is 3.91. The molecule has 0 amide bonds. The molecule has 0 fully saturated rings. The minimum atomic E-state index is -0.1000. The highest BCUT2D eigenvalue weighted by Crippen LogP contribution is 2.15. The molecule has 0 spiro atoms. The molecule has 0 heterocycles. The van der Waals surface area contributed by atoms with Gasteiger partial charge in [0.05, 0.1) is 6.10 Å². The van der Waals surface area contributed by atoms with Crippen LogP contribution in [-0.4, -0.2) is 18.6 Å². The van der Waals surface area contributed by atoms with E-state index in [-0.39, 0.29) is 18.0 Å². The number of carbonyl (C=O) groups is 1. The van der Waals surface area contributed by atoms with Gasteiger partial charge in [-0.2, -0.15) is 0 Å². The zero-order valence-corrected chi connectivity index (χ0v) is 11.2. The molecule has 96 valence electrons. The summed E-state index contributed by atoms with van der Waals surface area (Å²) >= 11 is 0. The van der Waals surface area contributed by atoms with E-state index in [1.165, 1.54) is 0 Å². The van der Waals surface area contributed by atoms with E-state index in [1.807, 2.05) is 6.92 Å². The smallest absolute Gasteiger partial charge is 0.306 e. The van der Waals surface area contributed by atoms with Crippen LogP contribution in [0.1, 0.15) is 53.4 Å². The van der Waals surface area contributed by atoms with Crippen LogP contribution >= 0.6 is 0 Å². The van der Waals surface area contributed by atoms with E-state index in [9.17, 15) is 4.79 Å². The second-order valence-corrected chi connectivity index (χ2v) is 5.02. The van der Waals surface area contributed by atoms with Crippen LogP contribution < -0.4 is 5.73 Å². The van der Waals surface area contributed by atoms with Crippen LogP contribution in [0.4, 0.5) is 0 Å². The van der Waals surface area contributed by atoms with Gasteiger partial charge in [0.25, 0.3) is 0 Å². The highest BCUT2D eigenvalue weighted by molar-refractivity contribution is 5.69. The Morgan fingerprint density at radius 3 is 2.38 bits per heavy atom. The van der Waals surface area contributed by atoms with Crippen molar-refractivity contribution in [3.05, 3.63) is 0 Å². The summed E-state index contributed by atoms with van der Waals surface area (Å²) in [5.41, 5.74) is 5.65. The minimum absolute atomic E-state index is 0.0370. The van der Waals surface area contributed by atoms with Crippen LogP contribution in [0, 0.1) is 11.8 Å². The Bertz CT molecular complexity index is 192. The lowest BCUT2D eigenvalue weighted by Crippen LogP contribution is -2.23. The van der Waals surface area contributed by atoms with Gasteiger partial charge in [-0.15, -0.1) is 0 Å². The molecule has 3 heteroatoms. The SMILES string of the molecule is CCCC(C)OC(=O)C[C@@H](CN)CC(C)C. The van der Waals surface area contributed by atoms with Gasteiger partial charge in [0.2, 0.25) is 0 Å². The Hall–Kier alpha value is -0.570. The zero-order chi connectivity index (χ0) is 12.6. The van der Waals surface area contributed by atoms with Crippen LogP contribution in [0.15, 0.2) is 0 Å². The average Bonchev–Trinajstić information content (AvgIpc) is 2.15. The third-order valence-electron chi connectivity index (χ3n) is 2.62. The first-order valence-electron chi connectivity index (χ1n) is 6.39. The highest BCUT2D eigenvalue weighted by atomic mass is 16.5. The molecule has 0 aliphatic carbocycles. The normalized spacial score (nSPS) is 14.9. The molecule has 2 N–H and O–H groups in total. The largest absolute Gasteiger partial charge is 0.463 e. The van der Waals surface area contributed by atoms with Gasteiger partial charge in [0.1, 0.15) is 0 Å². The third-order valence-corrected chi connectivity index (χ3v) is 2.62. The number of hydrogen-bond acceptors (Lipinski definition) is 3. The second-order valence-electron chi connectivity index (χ2n) is 5.02. The summed E-state index contributed by atoms with van der Waals surface area (Å²) in [6, 6.07) is 0. The molecule has 0 bridgehead atoms. The fourth-order valence-corrected chi connectivity index (χ4v) is 1.90. The van der Waals surface area contributed by atoms with Crippen molar-refractivity contribution < 1.29 is 9.53 Å². The molecule has 0 aliphatic rings. The number of carbonyl (C=O) groups excluding carboxylic acids is 1. The van der Waals surface area contributed by atoms with E-state index in [4.69, 9.17) is 10.5 Å². The minimum Gasteiger partial charge on any atom is -0.463 e. The molecule has 0 aromatic rings. The molecule has 16 heavy (non-hydrogen) atoms. The van der Waals surface area contributed by atoms with Crippen LogP contribution in [-0.2, 0) is 9.53 Å². The molecule has 0 rings (SSSR count). The first-order valence-corrected chi connectivity index (χ1v) is 6.39. The predicted molar refractivity (Wildman–Crippen MR) is 67.1 cm³/mol. The molecule has 0 saturated carbocycles. The molecular weight excluding hydrogens is 202 g/mol. The molecule has 0 aromatic carbocycles. The Morgan fingerprint density at radius 1 is 1.31 bits per heavy atom. The van der Waals surface area contributed by atoms with E-state index < -0.39 is 0 Å². The van der Waals surface area contributed by atoms with Gasteiger partial charge in [-0.25, -0.2) is 0 Å². The lowest BCUT2D eigenvalue weighted by Gasteiger charge is -2.18. The van der Waals surface area contributed by atoms with Gasteiger partial charge in [-0.05, 0) is 38.1 Å². The van der Waals surface area contributed by atoms with Crippen LogP contribution in [0.25, 0.3) is 0 Å². The van der Waals surface area contributed by atoms with Crippen LogP contribution in [0.5, 0.6) is 0 Å². The fourth-order valence-electron chi connectivity index (χ4n) is 1.90. The second kappa shape index (κ2) is 8.57. The summed E-state index contributed by atoms with van der Waals surface area (Å²) in [4.78, 5) is 11.6. The van der Waals surface area contributed by atoms with Crippen molar-refractivity contribution >= 4 is 5.97 Å². The van der Waals surface area contributed by atoms with Crippen molar-refractivity contribution in [2.24, 2.45) is 17.6 Å². The lowest BCUT2D eigenvalue weighted by atomic mass is 9.94. The first-order chi connectivity index (χ1) is 7.49. The summed E-state index contributed by atoms with van der Waals surface area (Å²) in [5.74, 6) is 0.743. The topological polar surface area (TPSA) is 52.3 Å². The van der Waals surface area contributed by atoms with Gasteiger partial charge in [0, 0.05) is 6.42 Å².